The summed E-state index contributed by atoms with van der Waals surface area (Å²) in [5.74, 6) is -0.578. The van der Waals surface area contributed by atoms with Crippen molar-refractivity contribution in [3.8, 4) is 0 Å². The summed E-state index contributed by atoms with van der Waals surface area (Å²) in [5.41, 5.74) is 1.46. The van der Waals surface area contributed by atoms with Gasteiger partial charge >= 0.3 is 4.87 Å². The molecule has 8 heteroatoms. The number of aryl methyl sites for hydroxylation is 1. The van der Waals surface area contributed by atoms with E-state index in [1.54, 1.807) is 29.7 Å². The SMILES string of the molecule is Cc1ccc(S(=O)(=O)Nc2ccc3c(c2)sc(=O)n3C(C)C)cc1F. The highest BCUT2D eigenvalue weighted by molar-refractivity contribution is 7.92. The Balaban J connectivity index is 2.00. The summed E-state index contributed by atoms with van der Waals surface area (Å²) in [6, 6.07) is 8.69. The first-order valence-corrected chi connectivity index (χ1v) is 9.93. The predicted octanol–water partition coefficient (Wildman–Crippen LogP) is 3.89. The minimum absolute atomic E-state index is 0.0133. The number of benzene rings is 2. The lowest BCUT2D eigenvalue weighted by Crippen LogP contribution is -2.15. The second kappa shape index (κ2) is 6.27. The van der Waals surface area contributed by atoms with Crippen molar-refractivity contribution >= 4 is 37.3 Å². The van der Waals surface area contributed by atoms with E-state index in [0.717, 1.165) is 22.9 Å². The molecule has 0 saturated heterocycles. The van der Waals surface area contributed by atoms with Crippen LogP contribution in [0.1, 0.15) is 25.5 Å². The van der Waals surface area contributed by atoms with Crippen LogP contribution < -0.4 is 9.60 Å². The summed E-state index contributed by atoms with van der Waals surface area (Å²) >= 11 is 1.06. The second-order valence-corrected chi connectivity index (χ2v) is 8.71. The van der Waals surface area contributed by atoms with Crippen LogP contribution in [0.4, 0.5) is 10.1 Å². The van der Waals surface area contributed by atoms with Crippen LogP contribution in [0.2, 0.25) is 0 Å². The van der Waals surface area contributed by atoms with Crippen molar-refractivity contribution in [3.63, 3.8) is 0 Å². The van der Waals surface area contributed by atoms with Crippen LogP contribution in [0.5, 0.6) is 0 Å². The Morgan fingerprint density at radius 2 is 1.88 bits per heavy atom. The van der Waals surface area contributed by atoms with Crippen molar-refractivity contribution in [3.05, 3.63) is 57.4 Å². The molecule has 0 aliphatic rings. The van der Waals surface area contributed by atoms with E-state index in [2.05, 4.69) is 4.72 Å². The molecular formula is C17H17FN2O3S2. The second-order valence-electron chi connectivity index (χ2n) is 6.03. The Kier molecular flexibility index (Phi) is 4.42. The van der Waals surface area contributed by atoms with Gasteiger partial charge in [-0.1, -0.05) is 17.4 Å². The standard InChI is InChI=1S/C17H17FN2O3S2/c1-10(2)20-15-7-5-12(8-16(15)24-17(20)21)19-25(22,23)13-6-4-11(3)14(18)9-13/h4-10,19H,1-3H3. The molecule has 0 amide bonds. The zero-order chi connectivity index (χ0) is 18.4. The Morgan fingerprint density at radius 3 is 2.52 bits per heavy atom. The first-order chi connectivity index (χ1) is 11.7. The van der Waals surface area contributed by atoms with Crippen LogP contribution in [0.25, 0.3) is 10.2 Å². The number of halogens is 1. The van der Waals surface area contributed by atoms with Crippen LogP contribution in [0, 0.1) is 12.7 Å². The van der Waals surface area contributed by atoms with E-state index in [4.69, 9.17) is 0 Å². The first-order valence-electron chi connectivity index (χ1n) is 7.63. The lowest BCUT2D eigenvalue weighted by Gasteiger charge is -2.10. The Labute approximate surface area is 148 Å². The van der Waals surface area contributed by atoms with Crippen LogP contribution in [-0.2, 0) is 10.0 Å². The maximum absolute atomic E-state index is 13.7. The van der Waals surface area contributed by atoms with Crippen LogP contribution in [0.15, 0.2) is 46.1 Å². The van der Waals surface area contributed by atoms with Crippen molar-refractivity contribution in [2.45, 2.75) is 31.7 Å². The molecule has 3 aromatic rings. The number of anilines is 1. The molecule has 0 bridgehead atoms. The largest absolute Gasteiger partial charge is 0.308 e. The van der Waals surface area contributed by atoms with Crippen LogP contribution >= 0.6 is 11.3 Å². The normalized spacial score (nSPS) is 12.0. The molecule has 0 spiro atoms. The Morgan fingerprint density at radius 1 is 1.16 bits per heavy atom. The Hall–Kier alpha value is -2.19. The van der Waals surface area contributed by atoms with Gasteiger partial charge in [-0.25, -0.2) is 12.8 Å². The highest BCUT2D eigenvalue weighted by Gasteiger charge is 2.17. The van der Waals surface area contributed by atoms with E-state index in [1.165, 1.54) is 12.1 Å². The van der Waals surface area contributed by atoms with Gasteiger partial charge in [0, 0.05) is 6.04 Å². The number of sulfonamides is 1. The molecule has 0 aliphatic carbocycles. The molecule has 1 N–H and O–H groups in total. The van der Waals surface area contributed by atoms with Crippen molar-refractivity contribution in [1.82, 2.24) is 4.57 Å². The van der Waals surface area contributed by atoms with Gasteiger partial charge in [-0.05, 0) is 56.7 Å². The minimum Gasteiger partial charge on any atom is -0.296 e. The van der Waals surface area contributed by atoms with E-state index in [-0.39, 0.29) is 15.8 Å². The number of nitrogens with zero attached hydrogens (tertiary/aromatic N) is 1. The third-order valence-corrected chi connectivity index (χ3v) is 6.13. The number of nitrogens with one attached hydrogen (secondary N) is 1. The third kappa shape index (κ3) is 3.32. The fraction of sp³-hybridized carbons (Fsp3) is 0.235. The summed E-state index contributed by atoms with van der Waals surface area (Å²) in [6.07, 6.45) is 0. The van der Waals surface area contributed by atoms with Gasteiger partial charge in [0.25, 0.3) is 10.0 Å². The average Bonchev–Trinajstić information content (AvgIpc) is 2.84. The fourth-order valence-corrected chi connectivity index (χ4v) is 4.66. The Bertz CT molecular complexity index is 1110. The topological polar surface area (TPSA) is 68.2 Å². The van der Waals surface area contributed by atoms with E-state index < -0.39 is 15.8 Å². The van der Waals surface area contributed by atoms with Gasteiger partial charge in [-0.15, -0.1) is 0 Å². The number of aromatic nitrogens is 1. The smallest absolute Gasteiger partial charge is 0.296 e. The van der Waals surface area contributed by atoms with Crippen molar-refractivity contribution < 1.29 is 12.8 Å². The number of thiazole rings is 1. The van der Waals surface area contributed by atoms with Crippen molar-refractivity contribution in [1.29, 1.82) is 0 Å². The van der Waals surface area contributed by atoms with Gasteiger partial charge in [-0.2, -0.15) is 0 Å². The zero-order valence-corrected chi connectivity index (χ0v) is 15.5. The fourth-order valence-electron chi connectivity index (χ4n) is 2.54. The van der Waals surface area contributed by atoms with Crippen molar-refractivity contribution in [2.24, 2.45) is 0 Å². The van der Waals surface area contributed by atoms with Gasteiger partial charge < -0.3 is 0 Å². The van der Waals surface area contributed by atoms with Gasteiger partial charge in [0.1, 0.15) is 5.82 Å². The molecule has 2 aromatic carbocycles. The summed E-state index contributed by atoms with van der Waals surface area (Å²) in [6.45, 7) is 5.39. The molecule has 0 aliphatic heterocycles. The van der Waals surface area contributed by atoms with E-state index in [1.807, 2.05) is 13.8 Å². The molecule has 0 fully saturated rings. The maximum atomic E-state index is 13.7. The lowest BCUT2D eigenvalue weighted by molar-refractivity contribution is 0.593. The third-order valence-electron chi connectivity index (χ3n) is 3.84. The number of hydrogen-bond acceptors (Lipinski definition) is 4. The lowest BCUT2D eigenvalue weighted by atomic mass is 10.2. The van der Waals surface area contributed by atoms with Crippen molar-refractivity contribution in [2.75, 3.05) is 4.72 Å². The van der Waals surface area contributed by atoms with E-state index in [0.29, 0.717) is 16.0 Å². The number of rotatable bonds is 4. The van der Waals surface area contributed by atoms with Gasteiger partial charge in [-0.3, -0.25) is 14.1 Å². The molecule has 3 rings (SSSR count). The molecule has 25 heavy (non-hydrogen) atoms. The van der Waals surface area contributed by atoms with Gasteiger partial charge in [0.15, 0.2) is 0 Å². The molecule has 0 atom stereocenters. The molecular weight excluding hydrogens is 363 g/mol. The summed E-state index contributed by atoms with van der Waals surface area (Å²) in [4.78, 5) is 11.8. The zero-order valence-electron chi connectivity index (χ0n) is 13.9. The van der Waals surface area contributed by atoms with Crippen LogP contribution in [0.3, 0.4) is 0 Å². The predicted molar refractivity (Wildman–Crippen MR) is 98.4 cm³/mol. The summed E-state index contributed by atoms with van der Waals surface area (Å²) in [7, 11) is -3.91. The molecule has 1 heterocycles. The molecule has 5 nitrogen and oxygen atoms in total. The highest BCUT2D eigenvalue weighted by Crippen LogP contribution is 2.26. The van der Waals surface area contributed by atoms with Gasteiger partial charge in [0.2, 0.25) is 0 Å². The molecule has 132 valence electrons. The monoisotopic (exact) mass is 380 g/mol. The number of fused-ring (bicyclic) bond motifs is 1. The molecule has 0 unspecified atom stereocenters. The average molecular weight is 380 g/mol. The number of hydrogen-bond donors (Lipinski definition) is 1. The summed E-state index contributed by atoms with van der Waals surface area (Å²) < 4.78 is 43.3. The minimum atomic E-state index is -3.91. The molecule has 0 radical (unpaired) electrons. The summed E-state index contributed by atoms with van der Waals surface area (Å²) in [5, 5.41) is 0. The van der Waals surface area contributed by atoms with E-state index in [9.17, 15) is 17.6 Å². The quantitative estimate of drug-likeness (QED) is 0.747. The highest BCUT2D eigenvalue weighted by atomic mass is 32.2. The maximum Gasteiger partial charge on any atom is 0.308 e. The molecule has 0 saturated carbocycles. The first kappa shape index (κ1) is 17.6. The molecule has 1 aromatic heterocycles. The van der Waals surface area contributed by atoms with Gasteiger partial charge in [0.05, 0.1) is 20.8 Å². The van der Waals surface area contributed by atoms with E-state index >= 15 is 0 Å². The van der Waals surface area contributed by atoms with Crippen LogP contribution in [-0.4, -0.2) is 13.0 Å².